The van der Waals surface area contributed by atoms with Crippen LogP contribution >= 0.6 is 11.3 Å². The average molecular weight is 936 g/mol. The van der Waals surface area contributed by atoms with E-state index < -0.39 is 11.4 Å². The number of imide groups is 1. The molecule has 3 aliphatic carbocycles. The largest absolute Gasteiger partial charge is 0.477 e. The zero-order valence-electron chi connectivity index (χ0n) is 38.1. The number of fused-ring (bicyclic) bond motifs is 5. The van der Waals surface area contributed by atoms with E-state index in [-0.39, 0.29) is 17.7 Å². The minimum Gasteiger partial charge on any atom is -0.477 e. The van der Waals surface area contributed by atoms with Crippen LogP contribution in [0.4, 0.5) is 21.3 Å². The summed E-state index contributed by atoms with van der Waals surface area (Å²) in [6, 6.07) is 10.1. The Hall–Kier alpha value is -6.65. The fraction of sp³-hybridized carbons (Fsp3) is 0.490. The average Bonchev–Trinajstić information content (AvgIpc) is 3.63. The van der Waals surface area contributed by atoms with Crippen LogP contribution in [0, 0.1) is 22.2 Å². The first-order valence-electron chi connectivity index (χ1n) is 23.9. The Bertz CT molecular complexity index is 2990. The maximum atomic E-state index is 12.6. The van der Waals surface area contributed by atoms with Gasteiger partial charge in [-0.05, 0) is 119 Å². The summed E-state index contributed by atoms with van der Waals surface area (Å²) in [5, 5.41) is 23.4. The van der Waals surface area contributed by atoms with Gasteiger partial charge in [0.05, 0.1) is 41.6 Å². The quantitative estimate of drug-likeness (QED) is 0.140. The molecule has 3 amide bonds. The number of likely N-dealkylation sites (tertiary alicyclic amines) is 1. The number of piperidine rings is 2. The second kappa shape index (κ2) is 16.5. The predicted molar refractivity (Wildman–Crippen MR) is 253 cm³/mol. The topological polar surface area (TPSA) is 220 Å². The number of hydrogen-bond acceptors (Lipinski definition) is 16. The van der Waals surface area contributed by atoms with Gasteiger partial charge in [-0.3, -0.25) is 19.7 Å². The molecule has 5 aromatic heterocycles. The molecule has 3 saturated heterocycles. The van der Waals surface area contributed by atoms with Crippen LogP contribution in [0.25, 0.3) is 22.4 Å². The van der Waals surface area contributed by atoms with Crippen LogP contribution in [0.2, 0.25) is 0 Å². The molecule has 3 aliphatic heterocycles. The van der Waals surface area contributed by atoms with Crippen LogP contribution in [0.1, 0.15) is 98.0 Å². The van der Waals surface area contributed by atoms with Gasteiger partial charge in [-0.2, -0.15) is 20.3 Å². The van der Waals surface area contributed by atoms with E-state index >= 15 is 0 Å². The highest BCUT2D eigenvalue weighted by Crippen LogP contribution is 2.55. The fourth-order valence-electron chi connectivity index (χ4n) is 11.9. The van der Waals surface area contributed by atoms with E-state index in [0.717, 1.165) is 125 Å². The van der Waals surface area contributed by atoms with Gasteiger partial charge in [-0.15, -0.1) is 11.3 Å². The number of anilines is 3. The molecule has 8 heterocycles. The minimum atomic E-state index is -0.465. The van der Waals surface area contributed by atoms with Crippen LogP contribution in [0.3, 0.4) is 0 Å². The first kappa shape index (κ1) is 42.7. The lowest BCUT2D eigenvalue weighted by molar-refractivity contribution is -0.120. The van der Waals surface area contributed by atoms with Crippen molar-refractivity contribution >= 4 is 50.7 Å². The molecule has 3 N–H and O–H groups in total. The van der Waals surface area contributed by atoms with Gasteiger partial charge in [0.1, 0.15) is 17.4 Å². The number of nitrogens with one attached hydrogen (secondary N) is 1. The molecule has 2 spiro atoms. The second-order valence-electron chi connectivity index (χ2n) is 19.9. The number of nitriles is 1. The number of carbonyl (C=O) groups is 2. The van der Waals surface area contributed by atoms with Crippen LogP contribution in [-0.4, -0.2) is 97.6 Å². The number of aryl methyl sites for hydroxylation is 2. The molecule has 19 heteroatoms. The molecule has 0 unspecified atom stereocenters. The van der Waals surface area contributed by atoms with E-state index in [2.05, 4.69) is 59.6 Å². The Morgan fingerprint density at radius 2 is 1.69 bits per heavy atom. The Balaban J connectivity index is 0.712. The Kier molecular flexibility index (Phi) is 10.4. The number of nitrogen functional groups attached to an aromatic ring is 1. The van der Waals surface area contributed by atoms with Crippen molar-refractivity contribution in [3.05, 3.63) is 70.3 Å². The number of nitrogens with zero attached hydrogens (tertiary/aromatic N) is 11. The number of urea groups is 1. The third-order valence-electron chi connectivity index (χ3n) is 15.8. The molecule has 18 nitrogen and oxygen atoms in total. The van der Waals surface area contributed by atoms with Crippen molar-refractivity contribution in [3.8, 4) is 35.1 Å². The summed E-state index contributed by atoms with van der Waals surface area (Å²) in [4.78, 5) is 50.3. The molecule has 12 rings (SSSR count). The molecule has 4 fully saturated rings. The first-order valence-corrected chi connectivity index (χ1v) is 24.7. The van der Waals surface area contributed by atoms with E-state index in [4.69, 9.17) is 29.7 Å². The second-order valence-corrected chi connectivity index (χ2v) is 21.0. The normalized spacial score (nSPS) is 21.9. The van der Waals surface area contributed by atoms with Crippen LogP contribution in [-0.2, 0) is 30.1 Å². The van der Waals surface area contributed by atoms with Gasteiger partial charge in [0.15, 0.2) is 28.8 Å². The lowest BCUT2D eigenvalue weighted by Crippen LogP contribution is -2.49. The molecule has 1 aromatic carbocycles. The van der Waals surface area contributed by atoms with E-state index in [1.54, 1.807) is 23.4 Å². The number of carbonyl (C=O) groups excluding carboxylic acids is 2. The molecule has 6 aromatic rings. The van der Waals surface area contributed by atoms with Gasteiger partial charge < -0.3 is 29.5 Å². The third-order valence-corrected chi connectivity index (χ3v) is 16.9. The Morgan fingerprint density at radius 3 is 2.46 bits per heavy atom. The summed E-state index contributed by atoms with van der Waals surface area (Å²) in [6.07, 6.45) is 17.0. The number of benzene rings is 1. The van der Waals surface area contributed by atoms with E-state index in [0.29, 0.717) is 64.0 Å². The van der Waals surface area contributed by atoms with Crippen molar-refractivity contribution in [3.63, 3.8) is 0 Å². The zero-order valence-corrected chi connectivity index (χ0v) is 38.9. The molecule has 6 aliphatic rings. The number of hydrogen-bond donors (Lipinski definition) is 2. The van der Waals surface area contributed by atoms with Gasteiger partial charge >= 0.3 is 6.03 Å². The molecule has 1 saturated carbocycles. The standard InChI is InChI=1S/C49H53N13O5S/c1-59-35-22-30(6-7-32(35)45(57-59)62-17-8-37(63)54-46(62)64)61-20-15-47(16-21-61)13-18-60(19-14-47)27-48(11-12-48)28-65-38-23-39(66-31-25-52-29-53-26-31)56-44(55-38)41-33-4-2-9-49(42(33)67-58-41)10-3-5-36-40(49)34(24-50)43(51)68-36/h6-7,22-23,25-26,29H,2-5,8-21,27-28,51H2,1H3,(H,54,63,64)/t49-/m0/s1. The number of nitrogens with two attached hydrogens (primary N) is 1. The van der Waals surface area contributed by atoms with Crippen LogP contribution in [0.15, 0.2) is 47.5 Å². The number of ether oxygens (including phenoxy) is 2. The van der Waals surface area contributed by atoms with E-state index in [9.17, 15) is 14.9 Å². The number of thiophene rings is 1. The highest BCUT2D eigenvalue weighted by molar-refractivity contribution is 7.16. The van der Waals surface area contributed by atoms with E-state index in [1.165, 1.54) is 41.1 Å². The molecule has 1 atom stereocenters. The van der Waals surface area contributed by atoms with Gasteiger partial charge in [0, 0.05) is 66.6 Å². The Labute approximate surface area is 396 Å². The van der Waals surface area contributed by atoms with Gasteiger partial charge in [0.2, 0.25) is 17.7 Å². The zero-order chi connectivity index (χ0) is 46.2. The third kappa shape index (κ3) is 7.48. The maximum absolute atomic E-state index is 12.6. The summed E-state index contributed by atoms with van der Waals surface area (Å²) in [5.41, 5.74) is 11.6. The van der Waals surface area contributed by atoms with Gasteiger partial charge in [0.25, 0.3) is 0 Å². The molecule has 68 heavy (non-hydrogen) atoms. The molecular formula is C49H53N13O5S. The summed E-state index contributed by atoms with van der Waals surface area (Å²) < 4.78 is 21.0. The lowest BCUT2D eigenvalue weighted by atomic mass is 9.63. The first-order chi connectivity index (χ1) is 33.1. The monoisotopic (exact) mass is 935 g/mol. The van der Waals surface area contributed by atoms with Gasteiger partial charge in [-0.25, -0.2) is 14.8 Å². The number of amides is 3. The highest BCUT2D eigenvalue weighted by Gasteiger charge is 2.50. The highest BCUT2D eigenvalue weighted by atomic mass is 32.1. The molecule has 350 valence electrons. The smallest absolute Gasteiger partial charge is 0.329 e. The van der Waals surface area contributed by atoms with Crippen molar-refractivity contribution in [2.24, 2.45) is 17.9 Å². The fourth-order valence-corrected chi connectivity index (χ4v) is 13.0. The lowest BCUT2D eigenvalue weighted by Gasteiger charge is -2.48. The van der Waals surface area contributed by atoms with Crippen molar-refractivity contribution in [2.75, 3.05) is 61.4 Å². The summed E-state index contributed by atoms with van der Waals surface area (Å²) in [6.45, 7) is 5.98. The van der Waals surface area contributed by atoms with Crippen molar-refractivity contribution in [1.29, 1.82) is 5.26 Å². The summed E-state index contributed by atoms with van der Waals surface area (Å²) in [7, 11) is 1.90. The SMILES string of the molecule is Cn1nc(N2CCC(=O)NC2=O)c2ccc(N3CCC4(CCN(CC5(COc6cc(Oc7cncnc7)nc(-c7noc8c7CCC[C@@]87CCCc8sc(N)c(C#N)c87)n6)CC5)CC4)CC3)cc21. The molecule has 0 bridgehead atoms. The van der Waals surface area contributed by atoms with Crippen molar-refractivity contribution < 1.29 is 23.6 Å². The van der Waals surface area contributed by atoms with E-state index in [1.807, 2.05) is 11.7 Å². The minimum absolute atomic E-state index is 0.0474. The van der Waals surface area contributed by atoms with Crippen molar-refractivity contribution in [1.82, 2.24) is 45.1 Å². The summed E-state index contributed by atoms with van der Waals surface area (Å²) >= 11 is 1.53. The molecular weight excluding hydrogens is 883 g/mol. The summed E-state index contributed by atoms with van der Waals surface area (Å²) in [5.74, 6) is 2.63. The van der Waals surface area contributed by atoms with Crippen molar-refractivity contribution in [2.45, 2.75) is 88.9 Å². The van der Waals surface area contributed by atoms with Crippen LogP contribution < -0.4 is 30.3 Å². The predicted octanol–water partition coefficient (Wildman–Crippen LogP) is 7.06. The number of aromatic nitrogens is 7. The van der Waals surface area contributed by atoms with Crippen LogP contribution in [0.5, 0.6) is 17.5 Å². The van der Waals surface area contributed by atoms with Gasteiger partial charge in [-0.1, -0.05) is 5.16 Å². The Morgan fingerprint density at radius 1 is 0.926 bits per heavy atom. The molecule has 0 radical (unpaired) electrons. The maximum Gasteiger partial charge on any atom is 0.329 e. The number of rotatable bonds is 10.